The van der Waals surface area contributed by atoms with Gasteiger partial charge in [-0.15, -0.1) is 0 Å². The summed E-state index contributed by atoms with van der Waals surface area (Å²) in [5.74, 6) is -0.120. The Hall–Kier alpha value is -1.39. The van der Waals surface area contributed by atoms with Gasteiger partial charge < -0.3 is 16.4 Å². The van der Waals surface area contributed by atoms with Crippen LogP contribution in [0.1, 0.15) is 23.6 Å². The zero-order chi connectivity index (χ0) is 12.7. The zero-order valence-corrected chi connectivity index (χ0v) is 10.5. The van der Waals surface area contributed by atoms with Gasteiger partial charge in [0.15, 0.2) is 0 Å². The number of rotatable bonds is 6. The fraction of sp³-hybridized carbons (Fsp3) is 0.462. The van der Waals surface area contributed by atoms with Crippen LogP contribution in [0.4, 0.5) is 0 Å². The van der Waals surface area contributed by atoms with Gasteiger partial charge in [0.2, 0.25) is 5.91 Å². The highest BCUT2D eigenvalue weighted by Gasteiger charge is 2.14. The van der Waals surface area contributed by atoms with E-state index in [2.05, 4.69) is 10.6 Å². The van der Waals surface area contributed by atoms with Crippen LogP contribution in [0.15, 0.2) is 24.3 Å². The average Bonchev–Trinajstić information content (AvgIpc) is 2.34. The Morgan fingerprint density at radius 1 is 1.29 bits per heavy atom. The van der Waals surface area contributed by atoms with Crippen LogP contribution in [0.25, 0.3) is 0 Å². The first-order chi connectivity index (χ1) is 8.15. The second-order valence-electron chi connectivity index (χ2n) is 4.14. The van der Waals surface area contributed by atoms with E-state index < -0.39 is 6.04 Å². The molecule has 0 heterocycles. The second-order valence-corrected chi connectivity index (χ2v) is 4.14. The highest BCUT2D eigenvalue weighted by atomic mass is 16.2. The van der Waals surface area contributed by atoms with E-state index in [1.54, 1.807) is 0 Å². The number of hydrogen-bond donors (Lipinski definition) is 3. The number of aryl methyl sites for hydroxylation is 1. The van der Waals surface area contributed by atoms with Gasteiger partial charge in [0.05, 0.1) is 0 Å². The van der Waals surface area contributed by atoms with Crippen LogP contribution in [-0.4, -0.2) is 26.0 Å². The van der Waals surface area contributed by atoms with Crippen molar-refractivity contribution < 1.29 is 4.79 Å². The summed E-state index contributed by atoms with van der Waals surface area (Å²) in [7, 11) is 1.89. The van der Waals surface area contributed by atoms with Crippen molar-refractivity contribution in [1.29, 1.82) is 0 Å². The van der Waals surface area contributed by atoms with Crippen LogP contribution in [0, 0.1) is 6.92 Å². The van der Waals surface area contributed by atoms with Crippen LogP contribution < -0.4 is 16.4 Å². The van der Waals surface area contributed by atoms with Crippen molar-refractivity contribution in [1.82, 2.24) is 10.6 Å². The molecule has 4 N–H and O–H groups in total. The smallest absolute Gasteiger partial charge is 0.241 e. The monoisotopic (exact) mass is 235 g/mol. The molecule has 0 saturated carbocycles. The van der Waals surface area contributed by atoms with Gasteiger partial charge in [-0.05, 0) is 32.5 Å². The summed E-state index contributed by atoms with van der Waals surface area (Å²) in [6.07, 6.45) is 0.906. The minimum Gasteiger partial charge on any atom is -0.354 e. The topological polar surface area (TPSA) is 67.1 Å². The minimum atomic E-state index is -0.579. The third kappa shape index (κ3) is 4.54. The summed E-state index contributed by atoms with van der Waals surface area (Å²) in [6.45, 7) is 3.55. The molecule has 0 bridgehead atoms. The lowest BCUT2D eigenvalue weighted by atomic mass is 10.1. The summed E-state index contributed by atoms with van der Waals surface area (Å²) in [5, 5.41) is 5.85. The van der Waals surface area contributed by atoms with E-state index in [9.17, 15) is 4.79 Å². The third-order valence-corrected chi connectivity index (χ3v) is 2.62. The van der Waals surface area contributed by atoms with Crippen molar-refractivity contribution in [3.8, 4) is 0 Å². The van der Waals surface area contributed by atoms with Crippen LogP contribution >= 0.6 is 0 Å². The molecule has 0 aliphatic rings. The lowest BCUT2D eigenvalue weighted by Crippen LogP contribution is -2.35. The standard InChI is InChI=1S/C13H21N3O/c1-10-4-6-11(7-5-10)12(14)13(17)16-9-3-8-15-2/h4-7,12,15H,3,8-9,14H2,1-2H3,(H,16,17). The number of amides is 1. The number of carbonyl (C=O) groups is 1. The third-order valence-electron chi connectivity index (χ3n) is 2.62. The molecule has 0 aromatic heterocycles. The fourth-order valence-corrected chi connectivity index (χ4v) is 1.51. The Labute approximate surface area is 103 Å². The van der Waals surface area contributed by atoms with E-state index in [0.717, 1.165) is 24.1 Å². The molecular weight excluding hydrogens is 214 g/mol. The van der Waals surface area contributed by atoms with Crippen molar-refractivity contribution in [2.24, 2.45) is 5.73 Å². The van der Waals surface area contributed by atoms with Crippen molar-refractivity contribution in [2.75, 3.05) is 20.1 Å². The fourth-order valence-electron chi connectivity index (χ4n) is 1.51. The van der Waals surface area contributed by atoms with Gasteiger partial charge >= 0.3 is 0 Å². The molecule has 4 nitrogen and oxygen atoms in total. The van der Waals surface area contributed by atoms with Crippen LogP contribution in [0.2, 0.25) is 0 Å². The first-order valence-corrected chi connectivity index (χ1v) is 5.89. The van der Waals surface area contributed by atoms with E-state index >= 15 is 0 Å². The van der Waals surface area contributed by atoms with Gasteiger partial charge in [-0.3, -0.25) is 4.79 Å². The number of carbonyl (C=O) groups excluding carboxylic acids is 1. The van der Waals surface area contributed by atoms with Gasteiger partial charge in [0, 0.05) is 6.54 Å². The van der Waals surface area contributed by atoms with Crippen LogP contribution in [-0.2, 0) is 4.79 Å². The van der Waals surface area contributed by atoms with Crippen molar-refractivity contribution in [3.05, 3.63) is 35.4 Å². The molecular formula is C13H21N3O. The summed E-state index contributed by atoms with van der Waals surface area (Å²) in [4.78, 5) is 11.7. The first-order valence-electron chi connectivity index (χ1n) is 5.89. The minimum absolute atomic E-state index is 0.120. The quantitative estimate of drug-likeness (QED) is 0.636. The van der Waals surface area contributed by atoms with E-state index in [1.807, 2.05) is 38.2 Å². The second kappa shape index (κ2) is 7.04. The van der Waals surface area contributed by atoms with E-state index in [-0.39, 0.29) is 5.91 Å². The van der Waals surface area contributed by atoms with Crippen molar-refractivity contribution >= 4 is 5.91 Å². The Morgan fingerprint density at radius 3 is 2.53 bits per heavy atom. The summed E-state index contributed by atoms with van der Waals surface area (Å²) < 4.78 is 0. The Balaban J connectivity index is 2.43. The van der Waals surface area contributed by atoms with Crippen molar-refractivity contribution in [2.45, 2.75) is 19.4 Å². The largest absolute Gasteiger partial charge is 0.354 e. The maximum atomic E-state index is 11.7. The maximum Gasteiger partial charge on any atom is 0.241 e. The molecule has 17 heavy (non-hydrogen) atoms. The molecule has 1 unspecified atom stereocenters. The molecule has 0 aliphatic heterocycles. The lowest BCUT2D eigenvalue weighted by Gasteiger charge is -2.12. The molecule has 0 fully saturated rings. The van der Waals surface area contributed by atoms with Crippen LogP contribution in [0.3, 0.4) is 0 Å². The maximum absolute atomic E-state index is 11.7. The van der Waals surface area contributed by atoms with Gasteiger partial charge in [-0.1, -0.05) is 29.8 Å². The molecule has 94 valence electrons. The molecule has 0 spiro atoms. The molecule has 1 atom stereocenters. The predicted octanol–water partition coefficient (Wildman–Crippen LogP) is 0.721. The molecule has 1 aromatic rings. The summed E-state index contributed by atoms with van der Waals surface area (Å²) in [5.41, 5.74) is 7.89. The Kier molecular flexibility index (Phi) is 5.66. The van der Waals surface area contributed by atoms with Crippen LogP contribution in [0.5, 0.6) is 0 Å². The summed E-state index contributed by atoms with van der Waals surface area (Å²) >= 11 is 0. The van der Waals surface area contributed by atoms with E-state index in [1.165, 1.54) is 0 Å². The first kappa shape index (κ1) is 13.7. The zero-order valence-electron chi connectivity index (χ0n) is 10.5. The van der Waals surface area contributed by atoms with Gasteiger partial charge in [0.1, 0.15) is 6.04 Å². The number of nitrogens with two attached hydrogens (primary N) is 1. The van der Waals surface area contributed by atoms with Gasteiger partial charge in [-0.25, -0.2) is 0 Å². The van der Waals surface area contributed by atoms with Crippen molar-refractivity contribution in [3.63, 3.8) is 0 Å². The van der Waals surface area contributed by atoms with E-state index in [4.69, 9.17) is 5.73 Å². The van der Waals surface area contributed by atoms with Gasteiger partial charge in [-0.2, -0.15) is 0 Å². The van der Waals surface area contributed by atoms with Gasteiger partial charge in [0.25, 0.3) is 0 Å². The molecule has 0 saturated heterocycles. The average molecular weight is 235 g/mol. The molecule has 1 rings (SSSR count). The Bertz CT molecular complexity index is 348. The Morgan fingerprint density at radius 2 is 1.94 bits per heavy atom. The summed E-state index contributed by atoms with van der Waals surface area (Å²) in [6, 6.07) is 7.14. The SMILES string of the molecule is CNCCCNC(=O)C(N)c1ccc(C)cc1. The molecule has 0 aliphatic carbocycles. The predicted molar refractivity (Wildman–Crippen MR) is 69.7 cm³/mol. The number of hydrogen-bond acceptors (Lipinski definition) is 3. The number of nitrogens with one attached hydrogen (secondary N) is 2. The molecule has 1 amide bonds. The molecule has 1 aromatic carbocycles. The highest BCUT2D eigenvalue weighted by Crippen LogP contribution is 2.11. The van der Waals surface area contributed by atoms with E-state index in [0.29, 0.717) is 6.54 Å². The lowest BCUT2D eigenvalue weighted by molar-refractivity contribution is -0.122. The molecule has 4 heteroatoms. The normalized spacial score (nSPS) is 12.2. The number of benzene rings is 1. The molecule has 0 radical (unpaired) electrons. The highest BCUT2D eigenvalue weighted by molar-refractivity contribution is 5.82.